The Hall–Kier alpha value is -0.960. The molecule has 0 spiro atoms. The first-order valence-corrected chi connectivity index (χ1v) is 5.58. The fourth-order valence-corrected chi connectivity index (χ4v) is 1.81. The van der Waals surface area contributed by atoms with Gasteiger partial charge in [-0.2, -0.15) is 8.78 Å². The molecule has 1 nitrogen and oxygen atoms in total. The molecule has 0 aliphatic carbocycles. The first kappa shape index (κ1) is 13.1. The highest BCUT2D eigenvalue weighted by Gasteiger charge is 2.32. The first-order chi connectivity index (χ1) is 7.47. The fourth-order valence-electron chi connectivity index (χ4n) is 1.81. The lowest BCUT2D eigenvalue weighted by molar-refractivity contribution is -0.00222. The van der Waals surface area contributed by atoms with Crippen molar-refractivity contribution in [2.24, 2.45) is 5.92 Å². The standard InChI is InChI=1S/C13H19F2N/c1-10(2)8-11-6-4-5-7-12(11)13(14,15)9-16-3/h4-7,10,16H,8-9H2,1-3H3. The number of hydrogen-bond acceptors (Lipinski definition) is 1. The van der Waals surface area contributed by atoms with E-state index in [0.717, 1.165) is 5.56 Å². The van der Waals surface area contributed by atoms with Gasteiger partial charge in [0.1, 0.15) is 0 Å². The van der Waals surface area contributed by atoms with Crippen molar-refractivity contribution in [3.63, 3.8) is 0 Å². The van der Waals surface area contributed by atoms with Gasteiger partial charge in [-0.15, -0.1) is 0 Å². The summed E-state index contributed by atoms with van der Waals surface area (Å²) in [5, 5.41) is 2.54. The molecule has 0 unspecified atom stereocenters. The normalized spacial score (nSPS) is 12.1. The number of benzene rings is 1. The van der Waals surface area contributed by atoms with Gasteiger partial charge in [0.15, 0.2) is 0 Å². The molecule has 0 heterocycles. The van der Waals surface area contributed by atoms with Crippen molar-refractivity contribution in [2.75, 3.05) is 13.6 Å². The second kappa shape index (κ2) is 5.39. The van der Waals surface area contributed by atoms with Gasteiger partial charge in [-0.05, 0) is 24.9 Å². The van der Waals surface area contributed by atoms with E-state index in [4.69, 9.17) is 0 Å². The Morgan fingerprint density at radius 1 is 1.25 bits per heavy atom. The number of hydrogen-bond donors (Lipinski definition) is 1. The summed E-state index contributed by atoms with van der Waals surface area (Å²) in [6.45, 7) is 3.75. The van der Waals surface area contributed by atoms with Crippen molar-refractivity contribution in [2.45, 2.75) is 26.2 Å². The van der Waals surface area contributed by atoms with Crippen LogP contribution in [0.3, 0.4) is 0 Å². The molecule has 0 saturated heterocycles. The molecule has 0 saturated carbocycles. The van der Waals surface area contributed by atoms with Crippen LogP contribution in [0.15, 0.2) is 24.3 Å². The van der Waals surface area contributed by atoms with Crippen LogP contribution < -0.4 is 5.32 Å². The molecule has 1 aromatic carbocycles. The molecular weight excluding hydrogens is 208 g/mol. The Kier molecular flexibility index (Phi) is 4.42. The average Bonchev–Trinajstić information content (AvgIpc) is 2.17. The SMILES string of the molecule is CNCC(F)(F)c1ccccc1CC(C)C. The highest BCUT2D eigenvalue weighted by molar-refractivity contribution is 5.31. The van der Waals surface area contributed by atoms with Gasteiger partial charge in [0, 0.05) is 5.56 Å². The lowest BCUT2D eigenvalue weighted by Gasteiger charge is -2.20. The molecule has 0 fully saturated rings. The van der Waals surface area contributed by atoms with E-state index in [-0.39, 0.29) is 12.1 Å². The molecule has 16 heavy (non-hydrogen) atoms. The van der Waals surface area contributed by atoms with Crippen LogP contribution in [0.2, 0.25) is 0 Å². The summed E-state index contributed by atoms with van der Waals surface area (Å²) in [6, 6.07) is 6.80. The molecule has 0 amide bonds. The van der Waals surface area contributed by atoms with E-state index >= 15 is 0 Å². The van der Waals surface area contributed by atoms with Crippen LogP contribution in [0.5, 0.6) is 0 Å². The number of likely N-dealkylation sites (N-methyl/N-ethyl adjacent to an activating group) is 1. The van der Waals surface area contributed by atoms with Gasteiger partial charge in [0.2, 0.25) is 0 Å². The smallest absolute Gasteiger partial charge is 0.285 e. The minimum atomic E-state index is -2.79. The Labute approximate surface area is 95.9 Å². The number of rotatable bonds is 5. The van der Waals surface area contributed by atoms with E-state index in [9.17, 15) is 8.78 Å². The summed E-state index contributed by atoms with van der Waals surface area (Å²) in [6.07, 6.45) is 0.690. The van der Waals surface area contributed by atoms with Crippen LogP contribution in [0, 0.1) is 5.92 Å². The number of halogens is 2. The van der Waals surface area contributed by atoms with Crippen molar-refractivity contribution in [1.82, 2.24) is 5.32 Å². The average molecular weight is 227 g/mol. The Bertz CT molecular complexity index is 334. The molecular formula is C13H19F2N. The van der Waals surface area contributed by atoms with Crippen molar-refractivity contribution in [3.05, 3.63) is 35.4 Å². The summed E-state index contributed by atoms with van der Waals surface area (Å²) in [5.74, 6) is -2.41. The predicted molar refractivity (Wildman–Crippen MR) is 62.8 cm³/mol. The lowest BCUT2D eigenvalue weighted by atomic mass is 9.94. The first-order valence-electron chi connectivity index (χ1n) is 5.58. The second-order valence-corrected chi connectivity index (χ2v) is 4.49. The van der Waals surface area contributed by atoms with Gasteiger partial charge < -0.3 is 5.32 Å². The zero-order valence-corrected chi connectivity index (χ0v) is 10.1. The highest BCUT2D eigenvalue weighted by atomic mass is 19.3. The predicted octanol–water partition coefficient (Wildman–Crippen LogP) is 3.20. The van der Waals surface area contributed by atoms with Crippen LogP contribution in [-0.2, 0) is 12.3 Å². The number of nitrogens with one attached hydrogen (secondary N) is 1. The molecule has 0 aliphatic heterocycles. The summed E-state index contributed by atoms with van der Waals surface area (Å²) < 4.78 is 27.6. The van der Waals surface area contributed by atoms with E-state index in [2.05, 4.69) is 5.32 Å². The maximum atomic E-state index is 13.8. The maximum absolute atomic E-state index is 13.8. The zero-order chi connectivity index (χ0) is 12.2. The monoisotopic (exact) mass is 227 g/mol. The molecule has 0 bridgehead atoms. The third kappa shape index (κ3) is 3.27. The Balaban J connectivity index is 3.02. The van der Waals surface area contributed by atoms with Gasteiger partial charge in [-0.25, -0.2) is 0 Å². The van der Waals surface area contributed by atoms with Crippen molar-refractivity contribution in [1.29, 1.82) is 0 Å². The molecule has 3 heteroatoms. The third-order valence-corrected chi connectivity index (χ3v) is 2.44. The van der Waals surface area contributed by atoms with Gasteiger partial charge >= 0.3 is 0 Å². The van der Waals surface area contributed by atoms with Crippen LogP contribution >= 0.6 is 0 Å². The Morgan fingerprint density at radius 2 is 1.88 bits per heavy atom. The molecule has 0 aliphatic rings. The molecule has 0 radical (unpaired) electrons. The van der Waals surface area contributed by atoms with E-state index in [1.165, 1.54) is 6.07 Å². The minimum absolute atomic E-state index is 0.151. The fraction of sp³-hybridized carbons (Fsp3) is 0.538. The molecule has 1 aromatic rings. The largest absolute Gasteiger partial charge is 0.314 e. The van der Waals surface area contributed by atoms with Crippen LogP contribution in [0.25, 0.3) is 0 Å². The molecule has 0 aromatic heterocycles. The summed E-state index contributed by atoms with van der Waals surface area (Å²) in [4.78, 5) is 0. The summed E-state index contributed by atoms with van der Waals surface area (Å²) in [7, 11) is 1.54. The van der Waals surface area contributed by atoms with Crippen molar-refractivity contribution < 1.29 is 8.78 Å². The summed E-state index contributed by atoms with van der Waals surface area (Å²) in [5.41, 5.74) is 0.899. The Morgan fingerprint density at radius 3 is 2.44 bits per heavy atom. The number of alkyl halides is 2. The maximum Gasteiger partial charge on any atom is 0.285 e. The molecule has 1 rings (SSSR count). The van der Waals surface area contributed by atoms with E-state index in [1.54, 1.807) is 19.2 Å². The van der Waals surface area contributed by atoms with Crippen LogP contribution in [-0.4, -0.2) is 13.6 Å². The van der Waals surface area contributed by atoms with E-state index in [1.807, 2.05) is 19.9 Å². The molecule has 0 atom stereocenters. The van der Waals surface area contributed by atoms with Gasteiger partial charge in [-0.1, -0.05) is 38.1 Å². The molecule has 1 N–H and O–H groups in total. The van der Waals surface area contributed by atoms with Crippen LogP contribution in [0.1, 0.15) is 25.0 Å². The third-order valence-electron chi connectivity index (χ3n) is 2.44. The van der Waals surface area contributed by atoms with Gasteiger partial charge in [0.25, 0.3) is 5.92 Å². The lowest BCUT2D eigenvalue weighted by Crippen LogP contribution is -2.29. The van der Waals surface area contributed by atoms with Gasteiger partial charge in [-0.3, -0.25) is 0 Å². The zero-order valence-electron chi connectivity index (χ0n) is 10.1. The topological polar surface area (TPSA) is 12.0 Å². The minimum Gasteiger partial charge on any atom is -0.314 e. The van der Waals surface area contributed by atoms with Crippen molar-refractivity contribution >= 4 is 0 Å². The van der Waals surface area contributed by atoms with Crippen LogP contribution in [0.4, 0.5) is 8.78 Å². The highest BCUT2D eigenvalue weighted by Crippen LogP contribution is 2.31. The summed E-state index contributed by atoms with van der Waals surface area (Å²) >= 11 is 0. The quantitative estimate of drug-likeness (QED) is 0.814. The van der Waals surface area contributed by atoms with Gasteiger partial charge in [0.05, 0.1) is 6.54 Å². The van der Waals surface area contributed by atoms with E-state index in [0.29, 0.717) is 12.3 Å². The second-order valence-electron chi connectivity index (χ2n) is 4.49. The van der Waals surface area contributed by atoms with Crippen molar-refractivity contribution in [3.8, 4) is 0 Å². The van der Waals surface area contributed by atoms with E-state index < -0.39 is 5.92 Å². The molecule has 90 valence electrons.